The summed E-state index contributed by atoms with van der Waals surface area (Å²) in [5.41, 5.74) is 4.14. The van der Waals surface area contributed by atoms with E-state index >= 15 is 0 Å². The maximum Gasteiger partial charge on any atom is 0.271 e. The van der Waals surface area contributed by atoms with Crippen molar-refractivity contribution in [1.82, 2.24) is 5.43 Å². The zero-order valence-corrected chi connectivity index (χ0v) is 15.9. The van der Waals surface area contributed by atoms with E-state index in [4.69, 9.17) is 14.2 Å². The standard InChI is InChI=1S/C20H22N2O6/c1-4-27-16-8-5-14(6-9-16)20(25)22-21-13(2)15-7-10-17(18(11-15)26-3)28-12-19(23)24/h5-11H,4,12H2,1-3H3,(H,22,25)(H,23,24)/p-1/b21-13-. The van der Waals surface area contributed by atoms with Crippen LogP contribution in [0, 0.1) is 0 Å². The number of nitrogens with zero attached hydrogens (tertiary/aromatic N) is 1. The summed E-state index contributed by atoms with van der Waals surface area (Å²) in [7, 11) is 1.44. The number of aliphatic carboxylic acids is 1. The molecular formula is C20H21N2O6-. The number of carboxylic acids is 1. The molecule has 148 valence electrons. The van der Waals surface area contributed by atoms with Gasteiger partial charge in [-0.15, -0.1) is 0 Å². The Kier molecular flexibility index (Phi) is 7.38. The third kappa shape index (κ3) is 5.73. The molecule has 2 aromatic rings. The zero-order chi connectivity index (χ0) is 20.5. The molecule has 0 aliphatic rings. The fourth-order valence-corrected chi connectivity index (χ4v) is 2.28. The van der Waals surface area contributed by atoms with Crippen LogP contribution in [0.4, 0.5) is 0 Å². The third-order valence-electron chi connectivity index (χ3n) is 3.68. The fourth-order valence-electron chi connectivity index (χ4n) is 2.28. The summed E-state index contributed by atoms with van der Waals surface area (Å²) in [6.45, 7) is 3.57. The summed E-state index contributed by atoms with van der Waals surface area (Å²) < 4.78 is 15.6. The van der Waals surface area contributed by atoms with E-state index in [0.29, 0.717) is 34.9 Å². The van der Waals surface area contributed by atoms with Gasteiger partial charge in [0.15, 0.2) is 11.5 Å². The lowest BCUT2D eigenvalue weighted by atomic mass is 10.1. The largest absolute Gasteiger partial charge is 0.546 e. The van der Waals surface area contributed by atoms with Crippen LogP contribution in [0.2, 0.25) is 0 Å². The summed E-state index contributed by atoms with van der Waals surface area (Å²) >= 11 is 0. The SMILES string of the molecule is CCOc1ccc(C(=O)N/N=C(/C)c2ccc(OCC(=O)[O-])c(OC)c2)cc1. The molecule has 0 bridgehead atoms. The number of carbonyl (C=O) groups is 2. The van der Waals surface area contributed by atoms with E-state index in [9.17, 15) is 14.7 Å². The highest BCUT2D eigenvalue weighted by Crippen LogP contribution is 2.28. The molecule has 0 atom stereocenters. The van der Waals surface area contributed by atoms with Gasteiger partial charge in [-0.1, -0.05) is 0 Å². The second-order valence-electron chi connectivity index (χ2n) is 5.62. The maximum atomic E-state index is 12.2. The average Bonchev–Trinajstić information content (AvgIpc) is 2.70. The molecule has 0 aliphatic carbocycles. The molecule has 1 N–H and O–H groups in total. The average molecular weight is 385 g/mol. The molecule has 0 spiro atoms. The smallest absolute Gasteiger partial charge is 0.271 e. The second kappa shape index (κ2) is 9.96. The number of nitrogens with one attached hydrogen (secondary N) is 1. The number of carboxylic acid groups (broad SMARTS) is 1. The first-order valence-corrected chi connectivity index (χ1v) is 8.53. The summed E-state index contributed by atoms with van der Waals surface area (Å²) in [6.07, 6.45) is 0. The van der Waals surface area contributed by atoms with Crippen LogP contribution >= 0.6 is 0 Å². The van der Waals surface area contributed by atoms with Crippen molar-refractivity contribution in [2.24, 2.45) is 5.10 Å². The summed E-state index contributed by atoms with van der Waals surface area (Å²) in [4.78, 5) is 22.7. The van der Waals surface area contributed by atoms with Gasteiger partial charge in [0.1, 0.15) is 12.4 Å². The van der Waals surface area contributed by atoms with Gasteiger partial charge < -0.3 is 24.1 Å². The number of ether oxygens (including phenoxy) is 3. The van der Waals surface area contributed by atoms with E-state index in [1.807, 2.05) is 6.92 Å². The monoisotopic (exact) mass is 385 g/mol. The van der Waals surface area contributed by atoms with Crippen molar-refractivity contribution >= 4 is 17.6 Å². The Morgan fingerprint density at radius 3 is 2.32 bits per heavy atom. The van der Waals surface area contributed by atoms with Crippen LogP contribution in [0.1, 0.15) is 29.8 Å². The lowest BCUT2D eigenvalue weighted by Crippen LogP contribution is -2.29. The van der Waals surface area contributed by atoms with Crippen LogP contribution in [0.3, 0.4) is 0 Å². The number of methoxy groups -OCH3 is 1. The van der Waals surface area contributed by atoms with Gasteiger partial charge in [-0.2, -0.15) is 5.10 Å². The molecule has 0 aliphatic heterocycles. The van der Waals surface area contributed by atoms with E-state index in [1.54, 1.807) is 49.4 Å². The minimum absolute atomic E-state index is 0.265. The van der Waals surface area contributed by atoms with Gasteiger partial charge in [0.05, 0.1) is 25.4 Å². The first-order chi connectivity index (χ1) is 13.4. The second-order valence-corrected chi connectivity index (χ2v) is 5.62. The molecule has 8 nitrogen and oxygen atoms in total. The van der Waals surface area contributed by atoms with Crippen LogP contribution in [0.5, 0.6) is 17.2 Å². The maximum absolute atomic E-state index is 12.2. The van der Waals surface area contributed by atoms with E-state index in [-0.39, 0.29) is 11.7 Å². The van der Waals surface area contributed by atoms with Crippen molar-refractivity contribution in [2.45, 2.75) is 13.8 Å². The molecule has 28 heavy (non-hydrogen) atoms. The molecule has 0 aromatic heterocycles. The quantitative estimate of drug-likeness (QED) is 0.516. The zero-order valence-electron chi connectivity index (χ0n) is 15.9. The Labute approximate surface area is 162 Å². The molecule has 0 saturated carbocycles. The Bertz CT molecular complexity index is 861. The molecule has 0 radical (unpaired) electrons. The summed E-state index contributed by atoms with van der Waals surface area (Å²) in [5.74, 6) is -0.399. The van der Waals surface area contributed by atoms with Gasteiger partial charge in [-0.05, 0) is 56.3 Å². The molecule has 2 rings (SSSR count). The third-order valence-corrected chi connectivity index (χ3v) is 3.68. The van der Waals surface area contributed by atoms with Crippen molar-refractivity contribution in [3.8, 4) is 17.2 Å². The highest BCUT2D eigenvalue weighted by atomic mass is 16.5. The minimum atomic E-state index is -1.33. The van der Waals surface area contributed by atoms with Crippen molar-refractivity contribution in [3.63, 3.8) is 0 Å². The number of rotatable bonds is 9. The molecule has 0 fully saturated rings. The van der Waals surface area contributed by atoms with E-state index in [0.717, 1.165) is 0 Å². The van der Waals surface area contributed by atoms with Crippen LogP contribution in [0.25, 0.3) is 0 Å². The number of hydrogen-bond acceptors (Lipinski definition) is 7. The van der Waals surface area contributed by atoms with Crippen molar-refractivity contribution < 1.29 is 28.9 Å². The number of carbonyl (C=O) groups excluding carboxylic acids is 2. The van der Waals surface area contributed by atoms with Crippen LogP contribution in [-0.4, -0.2) is 37.9 Å². The van der Waals surface area contributed by atoms with Crippen LogP contribution in [-0.2, 0) is 4.79 Å². The predicted molar refractivity (Wildman–Crippen MR) is 101 cm³/mol. The topological polar surface area (TPSA) is 109 Å². The molecule has 0 saturated heterocycles. The van der Waals surface area contributed by atoms with Gasteiger partial charge >= 0.3 is 0 Å². The Balaban J connectivity index is 2.07. The lowest BCUT2D eigenvalue weighted by Gasteiger charge is -2.12. The molecule has 1 amide bonds. The van der Waals surface area contributed by atoms with E-state index in [2.05, 4.69) is 10.5 Å². The summed E-state index contributed by atoms with van der Waals surface area (Å²) in [6, 6.07) is 11.6. The highest BCUT2D eigenvalue weighted by Gasteiger charge is 2.09. The molecule has 0 unspecified atom stereocenters. The molecule has 2 aromatic carbocycles. The first-order valence-electron chi connectivity index (χ1n) is 8.53. The fraction of sp³-hybridized carbons (Fsp3) is 0.250. The lowest BCUT2D eigenvalue weighted by molar-refractivity contribution is -0.307. The van der Waals surface area contributed by atoms with Crippen molar-refractivity contribution in [2.75, 3.05) is 20.3 Å². The normalized spacial score (nSPS) is 10.9. The Morgan fingerprint density at radius 1 is 1.04 bits per heavy atom. The number of hydrazone groups is 1. The van der Waals surface area contributed by atoms with Gasteiger partial charge in [0.2, 0.25) is 0 Å². The minimum Gasteiger partial charge on any atom is -0.546 e. The molecular weight excluding hydrogens is 364 g/mol. The summed E-state index contributed by atoms with van der Waals surface area (Å²) in [5, 5.41) is 14.6. The van der Waals surface area contributed by atoms with Gasteiger partial charge in [-0.3, -0.25) is 4.79 Å². The number of hydrogen-bond donors (Lipinski definition) is 1. The van der Waals surface area contributed by atoms with Gasteiger partial charge in [0.25, 0.3) is 5.91 Å². The van der Waals surface area contributed by atoms with E-state index in [1.165, 1.54) is 7.11 Å². The van der Waals surface area contributed by atoms with Crippen LogP contribution in [0.15, 0.2) is 47.6 Å². The van der Waals surface area contributed by atoms with Gasteiger partial charge in [-0.25, -0.2) is 5.43 Å². The molecule has 8 heteroatoms. The number of benzene rings is 2. The Hall–Kier alpha value is -3.55. The predicted octanol–water partition coefficient (Wildman–Crippen LogP) is 1.38. The van der Waals surface area contributed by atoms with Crippen molar-refractivity contribution in [3.05, 3.63) is 53.6 Å². The number of amides is 1. The van der Waals surface area contributed by atoms with Crippen molar-refractivity contribution in [1.29, 1.82) is 0 Å². The highest BCUT2D eigenvalue weighted by molar-refractivity contribution is 6.01. The van der Waals surface area contributed by atoms with Gasteiger partial charge in [0, 0.05) is 11.1 Å². The molecule has 0 heterocycles. The Morgan fingerprint density at radius 2 is 1.71 bits per heavy atom. The van der Waals surface area contributed by atoms with E-state index < -0.39 is 12.6 Å². The first kappa shape index (κ1) is 20.8. The van der Waals surface area contributed by atoms with Crippen LogP contribution < -0.4 is 24.7 Å².